The summed E-state index contributed by atoms with van der Waals surface area (Å²) >= 11 is 0. The van der Waals surface area contributed by atoms with Crippen molar-refractivity contribution in [3.8, 4) is 28.2 Å². The van der Waals surface area contributed by atoms with E-state index in [-0.39, 0.29) is 17.3 Å². The molecule has 0 atom stereocenters. The average molecular weight is 332 g/mol. The maximum atomic E-state index is 11.6. The van der Waals surface area contributed by atoms with Crippen LogP contribution in [0.5, 0.6) is 5.75 Å². The van der Waals surface area contributed by atoms with Crippen LogP contribution in [-0.4, -0.2) is 11.3 Å². The highest BCUT2D eigenvalue weighted by Crippen LogP contribution is 2.40. The third-order valence-electron chi connectivity index (χ3n) is 3.74. The summed E-state index contributed by atoms with van der Waals surface area (Å²) in [6, 6.07) is 19.8. The zero-order valence-electron chi connectivity index (χ0n) is 12.9. The predicted molar refractivity (Wildman–Crippen MR) is 91.2 cm³/mol. The molecular weight excluding hydrogens is 320 g/mol. The van der Waals surface area contributed by atoms with Crippen LogP contribution in [0.15, 0.2) is 75.9 Å². The van der Waals surface area contributed by atoms with Gasteiger partial charge in [0, 0.05) is 28.6 Å². The summed E-state index contributed by atoms with van der Waals surface area (Å²) in [5, 5.41) is 10.6. The molecule has 0 saturated heterocycles. The van der Waals surface area contributed by atoms with E-state index in [0.717, 1.165) is 22.1 Å². The quantitative estimate of drug-likeness (QED) is 0.537. The SMILES string of the molecule is O=C=O.O=c1ccc2c(-c3ccccc3)c3ccc(O)cc3oc-2c1. The van der Waals surface area contributed by atoms with Crippen LogP contribution < -0.4 is 5.43 Å². The van der Waals surface area contributed by atoms with E-state index in [1.165, 1.54) is 12.1 Å². The molecule has 1 aliphatic heterocycles. The van der Waals surface area contributed by atoms with Gasteiger partial charge in [0.25, 0.3) is 0 Å². The van der Waals surface area contributed by atoms with Crippen molar-refractivity contribution in [2.75, 3.05) is 0 Å². The Morgan fingerprint density at radius 2 is 1.60 bits per heavy atom. The fourth-order valence-corrected chi connectivity index (χ4v) is 2.78. The minimum absolute atomic E-state index is 0.102. The van der Waals surface area contributed by atoms with Gasteiger partial charge >= 0.3 is 6.15 Å². The van der Waals surface area contributed by atoms with Gasteiger partial charge in [-0.05, 0) is 29.8 Å². The Morgan fingerprint density at radius 1 is 0.880 bits per heavy atom. The van der Waals surface area contributed by atoms with Gasteiger partial charge in [-0.1, -0.05) is 30.3 Å². The highest BCUT2D eigenvalue weighted by molar-refractivity contribution is 6.02. The molecule has 0 spiro atoms. The van der Waals surface area contributed by atoms with Crippen molar-refractivity contribution >= 4 is 17.1 Å². The first-order valence-electron chi connectivity index (χ1n) is 7.38. The van der Waals surface area contributed by atoms with Crippen molar-refractivity contribution in [2.24, 2.45) is 0 Å². The standard InChI is InChI=1S/C19H12O3.CO2/c20-13-6-8-15-17(10-13)22-18-11-14(21)7-9-16(18)19(15)12-4-2-1-3-5-12;2-1-3/h1-11,20H;. The fraction of sp³-hybridized carbons (Fsp3) is 0. The van der Waals surface area contributed by atoms with Crippen LogP contribution in [0.25, 0.3) is 33.4 Å². The van der Waals surface area contributed by atoms with Crippen LogP contribution in [0.4, 0.5) is 0 Å². The van der Waals surface area contributed by atoms with E-state index in [2.05, 4.69) is 0 Å². The van der Waals surface area contributed by atoms with Gasteiger partial charge in [-0.25, -0.2) is 0 Å². The maximum absolute atomic E-state index is 11.6. The second-order valence-electron chi connectivity index (χ2n) is 5.26. The van der Waals surface area contributed by atoms with Gasteiger partial charge in [0.15, 0.2) is 5.43 Å². The number of benzene rings is 3. The van der Waals surface area contributed by atoms with Gasteiger partial charge in [-0.3, -0.25) is 4.79 Å². The topological polar surface area (TPSA) is 84.6 Å². The Bertz CT molecular complexity index is 1090. The lowest BCUT2D eigenvalue weighted by Crippen LogP contribution is -1.99. The second-order valence-corrected chi connectivity index (χ2v) is 5.26. The largest absolute Gasteiger partial charge is 0.508 e. The van der Waals surface area contributed by atoms with E-state index in [4.69, 9.17) is 14.0 Å². The molecule has 2 aromatic carbocycles. The lowest BCUT2D eigenvalue weighted by Gasteiger charge is -2.14. The van der Waals surface area contributed by atoms with Crippen LogP contribution in [0.3, 0.4) is 0 Å². The highest BCUT2D eigenvalue weighted by atomic mass is 16.3. The molecule has 1 aliphatic carbocycles. The van der Waals surface area contributed by atoms with E-state index < -0.39 is 0 Å². The Kier molecular flexibility index (Phi) is 4.42. The van der Waals surface area contributed by atoms with Crippen molar-refractivity contribution in [3.63, 3.8) is 0 Å². The lowest BCUT2D eigenvalue weighted by molar-refractivity contribution is -0.191. The zero-order valence-corrected chi connectivity index (χ0v) is 12.9. The van der Waals surface area contributed by atoms with E-state index in [0.29, 0.717) is 11.3 Å². The molecule has 0 fully saturated rings. The minimum Gasteiger partial charge on any atom is -0.508 e. The summed E-state index contributed by atoms with van der Waals surface area (Å²) in [7, 11) is 0. The van der Waals surface area contributed by atoms with Crippen LogP contribution >= 0.6 is 0 Å². The summed E-state index contributed by atoms with van der Waals surface area (Å²) in [6.45, 7) is 0. The smallest absolute Gasteiger partial charge is 0.373 e. The third kappa shape index (κ3) is 3.17. The molecule has 1 N–H and O–H groups in total. The predicted octanol–water partition coefficient (Wildman–Crippen LogP) is 3.69. The van der Waals surface area contributed by atoms with E-state index in [1.807, 2.05) is 36.4 Å². The van der Waals surface area contributed by atoms with E-state index in [9.17, 15) is 9.90 Å². The number of phenolic OH excluding ortho intramolecular Hbond substituents is 1. The van der Waals surface area contributed by atoms with Crippen molar-refractivity contribution in [2.45, 2.75) is 0 Å². The monoisotopic (exact) mass is 332 g/mol. The van der Waals surface area contributed by atoms with Crippen molar-refractivity contribution < 1.29 is 19.1 Å². The number of hydrogen-bond acceptors (Lipinski definition) is 5. The van der Waals surface area contributed by atoms with E-state index >= 15 is 0 Å². The molecule has 0 bridgehead atoms. The van der Waals surface area contributed by atoms with Crippen LogP contribution in [-0.2, 0) is 9.59 Å². The number of carbonyl (C=O) groups excluding carboxylic acids is 2. The average Bonchev–Trinajstić information content (AvgIpc) is 2.61. The van der Waals surface area contributed by atoms with Gasteiger partial charge in [-0.15, -0.1) is 0 Å². The molecule has 1 heterocycles. The molecule has 4 rings (SSSR count). The normalized spacial score (nSPS) is 10.1. The Balaban J connectivity index is 0.000000569. The third-order valence-corrected chi connectivity index (χ3v) is 3.74. The molecule has 25 heavy (non-hydrogen) atoms. The number of hydrogen-bond donors (Lipinski definition) is 1. The maximum Gasteiger partial charge on any atom is 0.373 e. The summed E-state index contributed by atoms with van der Waals surface area (Å²) < 4.78 is 5.81. The molecule has 0 aromatic heterocycles. The Labute approximate surface area is 142 Å². The van der Waals surface area contributed by atoms with Crippen LogP contribution in [0.2, 0.25) is 0 Å². The first kappa shape index (κ1) is 16.2. The number of aromatic hydroxyl groups is 1. The summed E-state index contributed by atoms with van der Waals surface area (Å²) in [6.07, 6.45) is 0.250. The second kappa shape index (κ2) is 6.83. The Morgan fingerprint density at radius 3 is 2.32 bits per heavy atom. The fourth-order valence-electron chi connectivity index (χ4n) is 2.78. The molecule has 0 amide bonds. The van der Waals surface area contributed by atoms with Gasteiger partial charge in [-0.2, -0.15) is 9.59 Å². The van der Waals surface area contributed by atoms with Crippen molar-refractivity contribution in [1.29, 1.82) is 0 Å². The molecule has 2 aromatic rings. The van der Waals surface area contributed by atoms with Gasteiger partial charge in [0.1, 0.15) is 17.1 Å². The lowest BCUT2D eigenvalue weighted by atomic mass is 9.94. The summed E-state index contributed by atoms with van der Waals surface area (Å²) in [4.78, 5) is 27.9. The zero-order chi connectivity index (χ0) is 17.8. The molecule has 5 heteroatoms. The molecule has 0 unspecified atom stereocenters. The first-order chi connectivity index (χ1) is 12.1. The van der Waals surface area contributed by atoms with Crippen molar-refractivity contribution in [1.82, 2.24) is 0 Å². The van der Waals surface area contributed by atoms with Gasteiger partial charge in [0.2, 0.25) is 0 Å². The molecule has 122 valence electrons. The molecular formula is C20H12O5. The molecule has 0 saturated carbocycles. The number of phenols is 1. The highest BCUT2D eigenvalue weighted by Gasteiger charge is 2.17. The van der Waals surface area contributed by atoms with Crippen LogP contribution in [0.1, 0.15) is 0 Å². The van der Waals surface area contributed by atoms with Crippen molar-refractivity contribution in [3.05, 3.63) is 77.0 Å². The Hall–Kier alpha value is -3.69. The molecule has 0 radical (unpaired) electrons. The molecule has 5 nitrogen and oxygen atoms in total. The first-order valence-corrected chi connectivity index (χ1v) is 7.38. The van der Waals surface area contributed by atoms with Gasteiger partial charge < -0.3 is 9.52 Å². The number of fused-ring (bicyclic) bond motifs is 2. The summed E-state index contributed by atoms with van der Waals surface area (Å²) in [5.74, 6) is 0.650. The summed E-state index contributed by atoms with van der Waals surface area (Å²) in [5.41, 5.74) is 3.37. The molecule has 2 aliphatic rings. The number of rotatable bonds is 1. The van der Waals surface area contributed by atoms with Gasteiger partial charge in [0.05, 0.1) is 0 Å². The minimum atomic E-state index is -0.102. The van der Waals surface area contributed by atoms with Crippen LogP contribution in [0, 0.1) is 0 Å². The van der Waals surface area contributed by atoms with E-state index in [1.54, 1.807) is 18.2 Å².